The fourth-order valence-electron chi connectivity index (χ4n) is 2.38. The Morgan fingerprint density at radius 1 is 1.14 bits per heavy atom. The molecule has 2 aromatic carbocycles. The Bertz CT molecular complexity index is 779. The quantitative estimate of drug-likeness (QED) is 0.758. The number of rotatable bonds is 4. The van der Waals surface area contributed by atoms with Gasteiger partial charge in [-0.3, -0.25) is 4.79 Å². The molecule has 0 atom stereocenters. The fraction of sp³-hybridized carbons (Fsp3) is 0.118. The van der Waals surface area contributed by atoms with Gasteiger partial charge in [-0.05, 0) is 36.2 Å². The van der Waals surface area contributed by atoms with E-state index in [-0.39, 0.29) is 5.91 Å². The van der Waals surface area contributed by atoms with E-state index in [9.17, 15) is 9.18 Å². The number of aromatic amines is 1. The van der Waals surface area contributed by atoms with E-state index in [4.69, 9.17) is 0 Å². The Kier molecular flexibility index (Phi) is 3.69. The Labute approximate surface area is 121 Å². The molecule has 1 aromatic heterocycles. The van der Waals surface area contributed by atoms with Crippen molar-refractivity contribution in [3.05, 3.63) is 71.7 Å². The third kappa shape index (κ3) is 2.94. The van der Waals surface area contributed by atoms with Crippen LogP contribution in [0, 0.1) is 5.82 Å². The van der Waals surface area contributed by atoms with Crippen LogP contribution in [-0.2, 0) is 6.42 Å². The van der Waals surface area contributed by atoms with Crippen molar-refractivity contribution in [2.45, 2.75) is 6.42 Å². The second-order valence-corrected chi connectivity index (χ2v) is 4.88. The van der Waals surface area contributed by atoms with Gasteiger partial charge in [0.1, 0.15) is 5.82 Å². The number of aromatic nitrogens is 1. The van der Waals surface area contributed by atoms with Gasteiger partial charge < -0.3 is 10.3 Å². The number of halogens is 1. The van der Waals surface area contributed by atoms with Crippen molar-refractivity contribution in [3.63, 3.8) is 0 Å². The molecule has 3 aromatic rings. The van der Waals surface area contributed by atoms with Crippen molar-refractivity contribution in [3.8, 4) is 0 Å². The summed E-state index contributed by atoms with van der Waals surface area (Å²) in [4.78, 5) is 15.1. The Morgan fingerprint density at radius 2 is 2.00 bits per heavy atom. The minimum Gasteiger partial charge on any atom is -0.361 e. The van der Waals surface area contributed by atoms with E-state index in [2.05, 4.69) is 16.4 Å². The zero-order valence-electron chi connectivity index (χ0n) is 11.4. The topological polar surface area (TPSA) is 44.9 Å². The van der Waals surface area contributed by atoms with Crippen molar-refractivity contribution >= 4 is 16.8 Å². The molecule has 0 spiro atoms. The van der Waals surface area contributed by atoms with Gasteiger partial charge in [-0.25, -0.2) is 4.39 Å². The van der Waals surface area contributed by atoms with Gasteiger partial charge in [-0.1, -0.05) is 24.3 Å². The number of carbonyl (C=O) groups excluding carboxylic acids is 1. The van der Waals surface area contributed by atoms with Crippen molar-refractivity contribution in [1.82, 2.24) is 10.3 Å². The summed E-state index contributed by atoms with van der Waals surface area (Å²) in [6, 6.07) is 13.7. The van der Waals surface area contributed by atoms with Gasteiger partial charge in [-0.2, -0.15) is 0 Å². The second-order valence-electron chi connectivity index (χ2n) is 4.88. The number of H-pyrrole nitrogens is 1. The Morgan fingerprint density at radius 3 is 2.86 bits per heavy atom. The van der Waals surface area contributed by atoms with E-state index in [0.29, 0.717) is 12.1 Å². The largest absolute Gasteiger partial charge is 0.361 e. The maximum absolute atomic E-state index is 13.1. The first-order valence-electron chi connectivity index (χ1n) is 6.83. The highest BCUT2D eigenvalue weighted by atomic mass is 19.1. The number of nitrogens with one attached hydrogen (secondary N) is 2. The molecule has 0 aliphatic heterocycles. The number of hydrogen-bond acceptors (Lipinski definition) is 1. The van der Waals surface area contributed by atoms with E-state index < -0.39 is 5.82 Å². The van der Waals surface area contributed by atoms with Crippen LogP contribution >= 0.6 is 0 Å². The summed E-state index contributed by atoms with van der Waals surface area (Å²) in [5.41, 5.74) is 2.59. The lowest BCUT2D eigenvalue weighted by molar-refractivity contribution is 0.0953. The van der Waals surface area contributed by atoms with E-state index in [1.165, 1.54) is 18.2 Å². The zero-order valence-corrected chi connectivity index (χ0v) is 11.4. The molecule has 0 saturated heterocycles. The lowest BCUT2D eigenvalue weighted by Gasteiger charge is -2.05. The highest BCUT2D eigenvalue weighted by Gasteiger charge is 2.07. The molecular weight excluding hydrogens is 267 g/mol. The Balaban J connectivity index is 1.62. The molecule has 0 unspecified atom stereocenters. The molecule has 0 saturated carbocycles. The van der Waals surface area contributed by atoms with Crippen LogP contribution in [0.5, 0.6) is 0 Å². The predicted molar refractivity (Wildman–Crippen MR) is 80.7 cm³/mol. The Hall–Kier alpha value is -2.62. The molecule has 3 nitrogen and oxygen atoms in total. The fourth-order valence-corrected chi connectivity index (χ4v) is 2.38. The number of para-hydroxylation sites is 1. The molecule has 1 heterocycles. The molecule has 0 fully saturated rings. The summed E-state index contributed by atoms with van der Waals surface area (Å²) in [7, 11) is 0. The van der Waals surface area contributed by atoms with Gasteiger partial charge in [0.2, 0.25) is 0 Å². The van der Waals surface area contributed by atoms with Crippen LogP contribution in [0.15, 0.2) is 54.7 Å². The maximum atomic E-state index is 13.1. The van der Waals surface area contributed by atoms with Crippen LogP contribution in [-0.4, -0.2) is 17.4 Å². The average Bonchev–Trinajstić information content (AvgIpc) is 2.91. The third-order valence-corrected chi connectivity index (χ3v) is 3.44. The molecule has 0 bridgehead atoms. The minimum atomic E-state index is -0.403. The van der Waals surface area contributed by atoms with Crippen molar-refractivity contribution in [2.75, 3.05) is 6.54 Å². The number of amides is 1. The molecule has 0 radical (unpaired) electrons. The molecule has 21 heavy (non-hydrogen) atoms. The molecule has 0 aliphatic carbocycles. The first-order valence-corrected chi connectivity index (χ1v) is 6.83. The van der Waals surface area contributed by atoms with Gasteiger partial charge in [0.15, 0.2) is 0 Å². The number of hydrogen-bond donors (Lipinski definition) is 2. The summed E-state index contributed by atoms with van der Waals surface area (Å²) in [5.74, 6) is -0.659. The summed E-state index contributed by atoms with van der Waals surface area (Å²) in [5, 5.41) is 3.97. The minimum absolute atomic E-state index is 0.255. The molecule has 3 rings (SSSR count). The maximum Gasteiger partial charge on any atom is 0.251 e. The van der Waals surface area contributed by atoms with Crippen molar-refractivity contribution in [1.29, 1.82) is 0 Å². The van der Waals surface area contributed by atoms with Crippen LogP contribution in [0.2, 0.25) is 0 Å². The lowest BCUT2D eigenvalue weighted by atomic mass is 10.1. The molecule has 4 heteroatoms. The normalized spacial score (nSPS) is 10.7. The summed E-state index contributed by atoms with van der Waals surface area (Å²) >= 11 is 0. The summed E-state index contributed by atoms with van der Waals surface area (Å²) < 4.78 is 13.1. The van der Waals surface area contributed by atoms with Crippen LogP contribution in [0.25, 0.3) is 10.9 Å². The third-order valence-electron chi connectivity index (χ3n) is 3.44. The van der Waals surface area contributed by atoms with Crippen LogP contribution < -0.4 is 5.32 Å². The summed E-state index contributed by atoms with van der Waals surface area (Å²) in [6.45, 7) is 0.511. The van der Waals surface area contributed by atoms with Crippen LogP contribution in [0.3, 0.4) is 0 Å². The van der Waals surface area contributed by atoms with E-state index in [0.717, 1.165) is 22.9 Å². The lowest BCUT2D eigenvalue weighted by Crippen LogP contribution is -2.25. The summed E-state index contributed by atoms with van der Waals surface area (Å²) in [6.07, 6.45) is 2.68. The first-order chi connectivity index (χ1) is 10.2. The standard InChI is InChI=1S/C17H15FN2O/c18-14-5-3-4-12(10-14)17(21)19-9-8-13-11-20-16-7-2-1-6-15(13)16/h1-7,10-11,20H,8-9H2,(H,19,21). The predicted octanol–water partition coefficient (Wildman–Crippen LogP) is 3.28. The first kappa shape index (κ1) is 13.4. The highest BCUT2D eigenvalue weighted by molar-refractivity contribution is 5.94. The number of carbonyl (C=O) groups is 1. The van der Waals surface area contributed by atoms with Gasteiger partial charge >= 0.3 is 0 Å². The van der Waals surface area contributed by atoms with Gasteiger partial charge in [-0.15, -0.1) is 0 Å². The second kappa shape index (κ2) is 5.79. The molecule has 0 aliphatic rings. The van der Waals surface area contributed by atoms with Crippen molar-refractivity contribution < 1.29 is 9.18 Å². The highest BCUT2D eigenvalue weighted by Crippen LogP contribution is 2.17. The van der Waals surface area contributed by atoms with Crippen molar-refractivity contribution in [2.24, 2.45) is 0 Å². The van der Waals surface area contributed by atoms with Gasteiger partial charge in [0, 0.05) is 29.2 Å². The SMILES string of the molecule is O=C(NCCc1c[nH]c2ccccc12)c1cccc(F)c1. The number of fused-ring (bicyclic) bond motifs is 1. The number of benzene rings is 2. The molecule has 106 valence electrons. The van der Waals surface area contributed by atoms with E-state index in [1.54, 1.807) is 6.07 Å². The average molecular weight is 282 g/mol. The zero-order chi connectivity index (χ0) is 14.7. The molecule has 1 amide bonds. The molecular formula is C17H15FN2O. The van der Waals surface area contributed by atoms with Gasteiger partial charge in [0.05, 0.1) is 0 Å². The van der Waals surface area contributed by atoms with E-state index in [1.807, 2.05) is 24.4 Å². The molecule has 2 N–H and O–H groups in total. The van der Waals surface area contributed by atoms with E-state index >= 15 is 0 Å². The van der Waals surface area contributed by atoms with Crippen LogP contribution in [0.4, 0.5) is 4.39 Å². The van der Waals surface area contributed by atoms with Gasteiger partial charge in [0.25, 0.3) is 5.91 Å². The van der Waals surface area contributed by atoms with Crippen LogP contribution in [0.1, 0.15) is 15.9 Å². The smallest absolute Gasteiger partial charge is 0.251 e. The monoisotopic (exact) mass is 282 g/mol.